The van der Waals surface area contributed by atoms with Gasteiger partial charge in [-0.3, -0.25) is 14.7 Å². The minimum absolute atomic E-state index is 0.265. The van der Waals surface area contributed by atoms with E-state index in [1.165, 1.54) is 5.56 Å². The molecule has 4 heterocycles. The highest BCUT2D eigenvalue weighted by molar-refractivity contribution is 7.09. The lowest BCUT2D eigenvalue weighted by Crippen LogP contribution is -2.36. The lowest BCUT2D eigenvalue weighted by Gasteiger charge is -2.25. The Morgan fingerprint density at radius 1 is 1.08 bits per heavy atom. The van der Waals surface area contributed by atoms with E-state index in [2.05, 4.69) is 26.3 Å². The summed E-state index contributed by atoms with van der Waals surface area (Å²) in [7, 11) is 0. The highest BCUT2D eigenvalue weighted by Gasteiger charge is 2.46. The van der Waals surface area contributed by atoms with Gasteiger partial charge in [0, 0.05) is 49.4 Å². The fourth-order valence-corrected chi connectivity index (χ4v) is 4.40. The number of rotatable bonds is 4. The number of aliphatic carboxylic acids is 2. The Morgan fingerprint density at radius 3 is 2.14 bits per heavy atom. The van der Waals surface area contributed by atoms with Gasteiger partial charge in [0.1, 0.15) is 0 Å². The van der Waals surface area contributed by atoms with Gasteiger partial charge in [-0.15, -0.1) is 11.3 Å². The van der Waals surface area contributed by atoms with Gasteiger partial charge in [0.2, 0.25) is 5.91 Å². The number of carbonyl (C=O) groups is 3. The van der Waals surface area contributed by atoms with Crippen LogP contribution in [0.4, 0.5) is 26.3 Å². The highest BCUT2D eigenvalue weighted by atomic mass is 32.1. The molecule has 2 fully saturated rings. The van der Waals surface area contributed by atoms with Crippen LogP contribution in [-0.4, -0.2) is 78.8 Å². The van der Waals surface area contributed by atoms with E-state index in [1.807, 2.05) is 24.1 Å². The predicted octanol–water partition coefficient (Wildman–Crippen LogP) is 3.49. The summed E-state index contributed by atoms with van der Waals surface area (Å²) in [6.45, 7) is 4.59. The predicted molar refractivity (Wildman–Crippen MR) is 116 cm³/mol. The molecule has 0 spiro atoms. The number of pyridine rings is 1. The van der Waals surface area contributed by atoms with Gasteiger partial charge in [-0.1, -0.05) is 6.07 Å². The molecule has 2 N–H and O–H groups in total. The molecular formula is C21H22F6N4O5S. The topological polar surface area (TPSA) is 124 Å². The van der Waals surface area contributed by atoms with Crippen LogP contribution in [0.3, 0.4) is 0 Å². The third kappa shape index (κ3) is 8.96. The van der Waals surface area contributed by atoms with Crippen LogP contribution in [0.2, 0.25) is 0 Å². The molecule has 0 unspecified atom stereocenters. The first-order valence-corrected chi connectivity index (χ1v) is 11.4. The van der Waals surface area contributed by atoms with E-state index >= 15 is 0 Å². The van der Waals surface area contributed by atoms with Crippen molar-refractivity contribution in [2.75, 3.05) is 6.54 Å². The van der Waals surface area contributed by atoms with Crippen molar-refractivity contribution in [3.63, 3.8) is 0 Å². The fourth-order valence-electron chi connectivity index (χ4n) is 3.79. The Hall–Kier alpha value is -3.27. The maximum Gasteiger partial charge on any atom is 0.490 e. The summed E-state index contributed by atoms with van der Waals surface area (Å²) in [6, 6.07) is 4.75. The minimum atomic E-state index is -5.08. The maximum absolute atomic E-state index is 12.5. The number of amides is 1. The summed E-state index contributed by atoms with van der Waals surface area (Å²) < 4.78 is 63.5. The van der Waals surface area contributed by atoms with Gasteiger partial charge in [-0.05, 0) is 25.0 Å². The zero-order valence-electron chi connectivity index (χ0n) is 19.2. The molecule has 9 nitrogen and oxygen atoms in total. The molecule has 2 aliphatic heterocycles. The number of thiazole rings is 1. The molecule has 0 aliphatic carbocycles. The van der Waals surface area contributed by atoms with E-state index in [0.29, 0.717) is 25.0 Å². The van der Waals surface area contributed by atoms with Crippen LogP contribution < -0.4 is 0 Å². The van der Waals surface area contributed by atoms with Gasteiger partial charge in [-0.2, -0.15) is 26.3 Å². The molecule has 204 valence electrons. The van der Waals surface area contributed by atoms with E-state index in [1.54, 1.807) is 17.5 Å². The first kappa shape index (κ1) is 30.0. The number of carbonyl (C=O) groups excluding carboxylic acids is 1. The van der Waals surface area contributed by atoms with Crippen LogP contribution in [-0.2, 0) is 27.5 Å². The summed E-state index contributed by atoms with van der Waals surface area (Å²) in [5, 5.41) is 17.4. The number of hydrogen-bond donors (Lipinski definition) is 2. The molecule has 0 bridgehead atoms. The number of aromatic nitrogens is 2. The highest BCUT2D eigenvalue weighted by Crippen LogP contribution is 2.34. The Labute approximate surface area is 210 Å². The van der Waals surface area contributed by atoms with Crippen molar-refractivity contribution < 1.29 is 50.9 Å². The van der Waals surface area contributed by atoms with Crippen molar-refractivity contribution in [3.05, 3.63) is 46.2 Å². The molecule has 37 heavy (non-hydrogen) atoms. The summed E-state index contributed by atoms with van der Waals surface area (Å²) in [5.41, 5.74) is 2.24. The van der Waals surface area contributed by atoms with Crippen LogP contribution in [0.1, 0.15) is 29.1 Å². The van der Waals surface area contributed by atoms with Crippen molar-refractivity contribution in [2.45, 2.75) is 57.3 Å². The number of carboxylic acid groups (broad SMARTS) is 2. The third-order valence-corrected chi connectivity index (χ3v) is 6.14. The molecule has 2 saturated heterocycles. The monoisotopic (exact) mass is 556 g/mol. The standard InChI is InChI=1S/C17H20N4OS.2C2HF3O2/c1-12-19-14(11-23-12)10-21-15-4-6-20(16(15)7-17(21)22)9-13-3-2-5-18-8-13;2*3-2(4,5)1(6)7/h2-3,5,8,11,15-16H,4,6-7,9-10H2,1H3;2*(H,6,7)/t15-,16+;;/m0../s1. The summed E-state index contributed by atoms with van der Waals surface area (Å²) in [4.78, 5) is 43.4. The van der Waals surface area contributed by atoms with Gasteiger partial charge in [-0.25, -0.2) is 14.6 Å². The molecule has 16 heteroatoms. The second-order valence-electron chi connectivity index (χ2n) is 7.94. The van der Waals surface area contributed by atoms with E-state index < -0.39 is 24.3 Å². The third-order valence-electron chi connectivity index (χ3n) is 5.32. The zero-order valence-corrected chi connectivity index (χ0v) is 20.0. The number of nitrogens with zero attached hydrogens (tertiary/aromatic N) is 4. The summed E-state index contributed by atoms with van der Waals surface area (Å²) in [6.07, 6.45) is -4.76. The molecular weight excluding hydrogens is 534 g/mol. The molecule has 4 rings (SSSR count). The summed E-state index contributed by atoms with van der Waals surface area (Å²) >= 11 is 1.65. The Morgan fingerprint density at radius 2 is 1.68 bits per heavy atom. The van der Waals surface area contributed by atoms with Crippen LogP contribution >= 0.6 is 11.3 Å². The number of alkyl halides is 6. The number of fused-ring (bicyclic) bond motifs is 1. The van der Waals surface area contributed by atoms with E-state index in [-0.39, 0.29) is 5.91 Å². The molecule has 0 aromatic carbocycles. The zero-order chi connectivity index (χ0) is 28.0. The molecule has 0 saturated carbocycles. The molecule has 2 aliphatic rings. The first-order chi connectivity index (χ1) is 17.1. The summed E-state index contributed by atoms with van der Waals surface area (Å²) in [5.74, 6) is -5.25. The van der Waals surface area contributed by atoms with Gasteiger partial charge in [0.05, 0.1) is 17.2 Å². The molecule has 1 amide bonds. The second-order valence-corrected chi connectivity index (χ2v) is 9.01. The van der Waals surface area contributed by atoms with E-state index in [0.717, 1.165) is 30.2 Å². The minimum Gasteiger partial charge on any atom is -0.475 e. The number of hydrogen-bond acceptors (Lipinski definition) is 7. The fraction of sp³-hybridized carbons (Fsp3) is 0.476. The number of carboxylic acids is 2. The van der Waals surface area contributed by atoms with Crippen LogP contribution in [0, 0.1) is 6.92 Å². The Kier molecular flexibility index (Phi) is 9.97. The van der Waals surface area contributed by atoms with Crippen molar-refractivity contribution in [1.82, 2.24) is 19.8 Å². The van der Waals surface area contributed by atoms with Crippen LogP contribution in [0.5, 0.6) is 0 Å². The quantitative estimate of drug-likeness (QED) is 0.549. The van der Waals surface area contributed by atoms with E-state index in [4.69, 9.17) is 19.8 Å². The van der Waals surface area contributed by atoms with Crippen molar-refractivity contribution in [2.24, 2.45) is 0 Å². The average Bonchev–Trinajstić information content (AvgIpc) is 3.46. The van der Waals surface area contributed by atoms with Crippen molar-refractivity contribution >= 4 is 29.2 Å². The van der Waals surface area contributed by atoms with E-state index in [9.17, 15) is 31.1 Å². The van der Waals surface area contributed by atoms with Crippen LogP contribution in [0.15, 0.2) is 29.9 Å². The SMILES string of the molecule is Cc1nc(CN2C(=O)C[C@@H]3[C@@H]2CCN3Cc2cccnc2)cs1.O=C(O)C(F)(F)F.O=C(O)C(F)(F)F. The molecule has 0 radical (unpaired) electrons. The maximum atomic E-state index is 12.5. The number of aryl methyl sites for hydroxylation is 1. The number of halogens is 6. The van der Waals surface area contributed by atoms with Gasteiger partial charge >= 0.3 is 24.3 Å². The first-order valence-electron chi connectivity index (χ1n) is 10.5. The lowest BCUT2D eigenvalue weighted by atomic mass is 10.1. The van der Waals surface area contributed by atoms with Gasteiger partial charge < -0.3 is 15.1 Å². The smallest absolute Gasteiger partial charge is 0.475 e. The molecule has 2 atom stereocenters. The van der Waals surface area contributed by atoms with Crippen molar-refractivity contribution in [1.29, 1.82) is 0 Å². The molecule has 2 aromatic rings. The number of likely N-dealkylation sites (tertiary alicyclic amines) is 2. The largest absolute Gasteiger partial charge is 0.490 e. The average molecular weight is 556 g/mol. The van der Waals surface area contributed by atoms with Crippen LogP contribution in [0.25, 0.3) is 0 Å². The molecule has 2 aromatic heterocycles. The lowest BCUT2D eigenvalue weighted by molar-refractivity contribution is -0.193. The normalized spacial score (nSPS) is 19.4. The Balaban J connectivity index is 0.000000286. The second kappa shape index (κ2) is 12.3. The van der Waals surface area contributed by atoms with Gasteiger partial charge in [0.25, 0.3) is 0 Å². The Bertz CT molecular complexity index is 1060. The van der Waals surface area contributed by atoms with Gasteiger partial charge in [0.15, 0.2) is 0 Å². The van der Waals surface area contributed by atoms with Crippen molar-refractivity contribution in [3.8, 4) is 0 Å².